The maximum absolute atomic E-state index is 14.1. The largest absolute Gasteiger partial charge is 0.509 e. The van der Waals surface area contributed by atoms with Crippen LogP contribution in [0.3, 0.4) is 0 Å². The zero-order valence-corrected chi connectivity index (χ0v) is 40.8. The first-order chi connectivity index (χ1) is 31.3. The fraction of sp³-hybridized carbons (Fsp3) is 0.186. The maximum atomic E-state index is 14.1. The summed E-state index contributed by atoms with van der Waals surface area (Å²) in [6.07, 6.45) is 1.82. The van der Waals surface area contributed by atoms with Crippen molar-refractivity contribution in [3.05, 3.63) is 199 Å². The molecule has 0 amide bonds. The predicted octanol–water partition coefficient (Wildman–Crippen LogP) is 16.3. The van der Waals surface area contributed by atoms with Crippen molar-refractivity contribution in [3.63, 3.8) is 0 Å². The van der Waals surface area contributed by atoms with Crippen LogP contribution < -0.4 is 14.5 Å². The molecule has 2 aromatic heterocycles. The summed E-state index contributed by atoms with van der Waals surface area (Å²) in [5.74, 6) is 2.13. The van der Waals surface area contributed by atoms with Gasteiger partial charge in [-0.25, -0.2) is 9.37 Å². The van der Waals surface area contributed by atoms with E-state index in [9.17, 15) is 4.39 Å². The van der Waals surface area contributed by atoms with Gasteiger partial charge in [0.15, 0.2) is 0 Å². The van der Waals surface area contributed by atoms with Crippen molar-refractivity contribution in [1.82, 2.24) is 9.55 Å². The normalized spacial score (nSPS) is 12.7. The molecule has 0 saturated heterocycles. The van der Waals surface area contributed by atoms with Gasteiger partial charge in [-0.3, -0.25) is 0 Å². The number of nitrogens with zero attached hydrogens (tertiary/aromatic N) is 4. The first-order valence-electron chi connectivity index (χ1n) is 22.5. The predicted molar refractivity (Wildman–Crippen MR) is 267 cm³/mol. The van der Waals surface area contributed by atoms with Crippen molar-refractivity contribution in [2.45, 2.75) is 72.6 Å². The van der Waals surface area contributed by atoms with Gasteiger partial charge in [-0.2, -0.15) is 6.07 Å². The molecule has 0 atom stereocenters. The van der Waals surface area contributed by atoms with Gasteiger partial charge >= 0.3 is 0 Å². The third-order valence-corrected chi connectivity index (χ3v) is 12.5. The summed E-state index contributed by atoms with van der Waals surface area (Å²) in [5.41, 5.74) is 15.0. The molecule has 66 heavy (non-hydrogen) atoms. The summed E-state index contributed by atoms with van der Waals surface area (Å²) in [6, 6.07) is 56.9. The van der Waals surface area contributed by atoms with Crippen LogP contribution in [-0.4, -0.2) is 9.55 Å². The van der Waals surface area contributed by atoms with Crippen LogP contribution in [0.25, 0.3) is 49.9 Å². The van der Waals surface area contributed by atoms with Crippen LogP contribution in [0, 0.1) is 31.5 Å². The molecule has 5 nitrogen and oxygen atoms in total. The molecule has 0 bridgehead atoms. The van der Waals surface area contributed by atoms with Gasteiger partial charge in [-0.1, -0.05) is 121 Å². The van der Waals surface area contributed by atoms with Gasteiger partial charge in [0.25, 0.3) is 0 Å². The molecule has 1 aliphatic heterocycles. The van der Waals surface area contributed by atoms with Crippen molar-refractivity contribution in [1.29, 1.82) is 0 Å². The van der Waals surface area contributed by atoms with E-state index in [2.05, 4.69) is 186 Å². The number of ether oxygens (including phenoxy) is 1. The second-order valence-corrected chi connectivity index (χ2v) is 18.8. The number of fused-ring (bicyclic) bond motifs is 4. The van der Waals surface area contributed by atoms with Gasteiger partial charge in [0.1, 0.15) is 11.6 Å². The van der Waals surface area contributed by atoms with Gasteiger partial charge in [0, 0.05) is 61.3 Å². The second-order valence-electron chi connectivity index (χ2n) is 18.8. The van der Waals surface area contributed by atoms with E-state index in [0.29, 0.717) is 11.5 Å². The number of anilines is 4. The first-order valence-corrected chi connectivity index (χ1v) is 22.5. The number of hydrogen-bond acceptors (Lipinski definition) is 4. The summed E-state index contributed by atoms with van der Waals surface area (Å²) >= 11 is 0. The molecule has 0 fully saturated rings. The van der Waals surface area contributed by atoms with Crippen LogP contribution in [0.15, 0.2) is 152 Å². The number of hydrogen-bond donors (Lipinski definition) is 0. The van der Waals surface area contributed by atoms with Crippen molar-refractivity contribution in [2.75, 3.05) is 9.80 Å². The number of pyridine rings is 1. The number of halogens is 1. The quantitative estimate of drug-likeness (QED) is 0.135. The average Bonchev–Trinajstić information content (AvgIpc) is 3.84. The van der Waals surface area contributed by atoms with Crippen LogP contribution in [-0.2, 0) is 26.5 Å². The van der Waals surface area contributed by atoms with Gasteiger partial charge in [-0.15, -0.1) is 53.6 Å². The van der Waals surface area contributed by atoms with Crippen molar-refractivity contribution < 1.29 is 30.2 Å². The molecule has 1 aliphatic rings. The molecule has 10 rings (SSSR count). The molecule has 0 N–H and O–H groups in total. The Kier molecular flexibility index (Phi) is 12.0. The van der Waals surface area contributed by atoms with Gasteiger partial charge in [-0.05, 0) is 123 Å². The minimum absolute atomic E-state index is 0. The van der Waals surface area contributed by atoms with E-state index in [1.807, 2.05) is 42.6 Å². The molecule has 334 valence electrons. The van der Waals surface area contributed by atoms with Crippen LogP contribution in [0.4, 0.5) is 27.1 Å². The Morgan fingerprint density at radius 1 is 0.636 bits per heavy atom. The maximum Gasteiger partial charge on any atom is 0.135 e. The van der Waals surface area contributed by atoms with Crippen molar-refractivity contribution in [3.8, 4) is 39.6 Å². The number of para-hydroxylation sites is 1. The third kappa shape index (κ3) is 8.22. The van der Waals surface area contributed by atoms with E-state index < -0.39 is 0 Å². The molecule has 3 heterocycles. The minimum Gasteiger partial charge on any atom is -0.509 e. The van der Waals surface area contributed by atoms with E-state index in [1.165, 1.54) is 22.3 Å². The van der Waals surface area contributed by atoms with Crippen LogP contribution >= 0.6 is 0 Å². The summed E-state index contributed by atoms with van der Waals surface area (Å²) in [4.78, 5) is 9.35. The SMILES string of the molecule is Cc1ccc2c(c1)N(c1c(C(C)C)cc(-c3ccc(F)cc3)cc1C(C)C)[CH-]N2c1[c-]c(Oc2[c-]c3c(cc2)c2ccccc2n3-c2ccccn2)cc(-c2ccccc2C(C)(C)C)c1.[Pt]. The van der Waals surface area contributed by atoms with Crippen molar-refractivity contribution in [2.24, 2.45) is 0 Å². The standard InChI is InChI=1S/C59H52FN4O.Pt/c1-37(2)50-32-41(40-21-23-43(60)24-22-40)33-51(38(3)4)58(50)63-36-62(54-27-20-39(5)29-56(54)63)44-30-42(47-15-9-11-17-52(47)59(6,7)8)31-46(34-44)65-45-25-26-49-48-16-10-12-18-53(48)64(55(49)35-45)57-19-13-14-28-61-57;/h9-33,36-38H,1-8H3;/q-3;. The van der Waals surface area contributed by atoms with E-state index in [1.54, 1.807) is 12.1 Å². The Morgan fingerprint density at radius 2 is 1.35 bits per heavy atom. The molecule has 0 saturated carbocycles. The zero-order valence-electron chi connectivity index (χ0n) is 38.6. The van der Waals surface area contributed by atoms with Gasteiger partial charge < -0.3 is 19.1 Å². The molecular formula is C59H52FN4OPt-3. The zero-order chi connectivity index (χ0) is 45.1. The summed E-state index contributed by atoms with van der Waals surface area (Å²) in [6.45, 7) is 20.1. The third-order valence-electron chi connectivity index (χ3n) is 12.5. The summed E-state index contributed by atoms with van der Waals surface area (Å²) < 4.78 is 23.2. The molecule has 0 spiro atoms. The molecule has 0 aliphatic carbocycles. The molecular weight excluding hydrogens is 995 g/mol. The van der Waals surface area contributed by atoms with Crippen LogP contribution in [0.2, 0.25) is 0 Å². The number of rotatable bonds is 9. The smallest absolute Gasteiger partial charge is 0.135 e. The first kappa shape index (κ1) is 44.7. The molecule has 0 radical (unpaired) electrons. The van der Waals surface area contributed by atoms with E-state index >= 15 is 0 Å². The summed E-state index contributed by atoms with van der Waals surface area (Å²) in [7, 11) is 0. The average molecular weight is 1050 g/mol. The minimum atomic E-state index is -0.239. The van der Waals surface area contributed by atoms with Crippen molar-refractivity contribution >= 4 is 44.6 Å². The fourth-order valence-electron chi connectivity index (χ4n) is 9.32. The monoisotopic (exact) mass is 1050 g/mol. The Labute approximate surface area is 402 Å². The Morgan fingerprint density at radius 3 is 2.06 bits per heavy atom. The van der Waals surface area contributed by atoms with Crippen LogP contribution in [0.1, 0.15) is 82.6 Å². The topological polar surface area (TPSA) is 33.5 Å². The van der Waals surface area contributed by atoms with Crippen LogP contribution in [0.5, 0.6) is 11.5 Å². The molecule has 9 aromatic rings. The second kappa shape index (κ2) is 17.7. The summed E-state index contributed by atoms with van der Waals surface area (Å²) in [5, 5.41) is 2.20. The fourth-order valence-corrected chi connectivity index (χ4v) is 9.32. The van der Waals surface area contributed by atoms with E-state index in [0.717, 1.165) is 72.6 Å². The molecule has 7 aromatic carbocycles. The van der Waals surface area contributed by atoms with E-state index in [4.69, 9.17) is 9.72 Å². The number of aryl methyl sites for hydroxylation is 1. The molecule has 7 heteroatoms. The van der Waals surface area contributed by atoms with Gasteiger partial charge in [0.2, 0.25) is 0 Å². The Hall–Kier alpha value is -6.49. The Balaban J connectivity index is 0.00000548. The Bertz CT molecular complexity index is 3210. The van der Waals surface area contributed by atoms with Gasteiger partial charge in [0.05, 0.1) is 0 Å². The van der Waals surface area contributed by atoms with E-state index in [-0.39, 0.29) is 44.1 Å². The number of aromatic nitrogens is 2. The molecule has 0 unspecified atom stereocenters. The number of benzene rings is 7.